The fourth-order valence-corrected chi connectivity index (χ4v) is 1.24. The predicted octanol–water partition coefficient (Wildman–Crippen LogP) is 1.47. The van der Waals surface area contributed by atoms with E-state index in [0.717, 1.165) is 0 Å². The van der Waals surface area contributed by atoms with Crippen LogP contribution in [-0.2, 0) is 0 Å². The zero-order valence-electron chi connectivity index (χ0n) is 7.72. The van der Waals surface area contributed by atoms with Gasteiger partial charge in [0.25, 0.3) is 0 Å². The van der Waals surface area contributed by atoms with Gasteiger partial charge in [0.1, 0.15) is 17.2 Å². The highest BCUT2D eigenvalue weighted by molar-refractivity contribution is 5.95. The van der Waals surface area contributed by atoms with Gasteiger partial charge in [-0.1, -0.05) is 6.07 Å². The number of carboxylic acids is 1. The highest BCUT2D eigenvalue weighted by atomic mass is 16.6. The van der Waals surface area contributed by atoms with Crippen LogP contribution < -0.4 is 0 Å². The molecule has 1 aromatic rings. The third-order valence-electron chi connectivity index (χ3n) is 1.90. The van der Waals surface area contributed by atoms with Crippen LogP contribution in [0.1, 0.15) is 21.5 Å². The summed E-state index contributed by atoms with van der Waals surface area (Å²) in [5.74, 6) is -1.41. The highest BCUT2D eigenvalue weighted by Crippen LogP contribution is 2.26. The standard InChI is InChI=1S/C9H6N2O4/c1-5-2-3-6(4-10)8(11(14)15)7(5)9(12)13/h2-3H,1H3,(H,12,13). The molecule has 6 heteroatoms. The summed E-state index contributed by atoms with van der Waals surface area (Å²) in [6, 6.07) is 4.20. The predicted molar refractivity (Wildman–Crippen MR) is 49.5 cm³/mol. The molecule has 0 fully saturated rings. The summed E-state index contributed by atoms with van der Waals surface area (Å²) in [5, 5.41) is 28.1. The van der Waals surface area contributed by atoms with Crippen LogP contribution in [0.15, 0.2) is 12.1 Å². The van der Waals surface area contributed by atoms with E-state index in [1.165, 1.54) is 19.1 Å². The van der Waals surface area contributed by atoms with Gasteiger partial charge < -0.3 is 5.11 Å². The van der Waals surface area contributed by atoms with Gasteiger partial charge in [-0.3, -0.25) is 10.1 Å². The van der Waals surface area contributed by atoms with Gasteiger partial charge in [-0.25, -0.2) is 4.79 Å². The number of rotatable bonds is 2. The van der Waals surface area contributed by atoms with Crippen molar-refractivity contribution in [3.63, 3.8) is 0 Å². The minimum Gasteiger partial charge on any atom is -0.477 e. The Balaban J connectivity index is 3.68. The van der Waals surface area contributed by atoms with E-state index >= 15 is 0 Å². The first-order valence-corrected chi connectivity index (χ1v) is 3.90. The van der Waals surface area contributed by atoms with Crippen LogP contribution in [0.2, 0.25) is 0 Å². The molecule has 1 aromatic carbocycles. The third kappa shape index (κ3) is 1.76. The van der Waals surface area contributed by atoms with E-state index in [-0.39, 0.29) is 11.1 Å². The van der Waals surface area contributed by atoms with Crippen LogP contribution in [0.5, 0.6) is 0 Å². The van der Waals surface area contributed by atoms with Crippen LogP contribution >= 0.6 is 0 Å². The van der Waals surface area contributed by atoms with Crippen LogP contribution in [0, 0.1) is 28.4 Å². The zero-order chi connectivity index (χ0) is 11.6. The van der Waals surface area contributed by atoms with Crippen molar-refractivity contribution in [3.8, 4) is 6.07 Å². The number of nitro benzene ring substituents is 1. The minimum atomic E-state index is -1.41. The van der Waals surface area contributed by atoms with Crippen molar-refractivity contribution in [2.75, 3.05) is 0 Å². The lowest BCUT2D eigenvalue weighted by Crippen LogP contribution is -2.07. The molecule has 6 nitrogen and oxygen atoms in total. The summed E-state index contributed by atoms with van der Waals surface area (Å²) >= 11 is 0. The second kappa shape index (κ2) is 3.75. The lowest BCUT2D eigenvalue weighted by atomic mass is 10.0. The Morgan fingerprint density at radius 2 is 2.20 bits per heavy atom. The Bertz CT molecular complexity index is 488. The number of aryl methyl sites for hydroxylation is 1. The fraction of sp³-hybridized carbons (Fsp3) is 0.111. The Labute approximate surface area is 84.5 Å². The van der Waals surface area contributed by atoms with Crippen LogP contribution in [0.3, 0.4) is 0 Å². The molecule has 0 saturated carbocycles. The monoisotopic (exact) mass is 206 g/mol. The number of hydrogen-bond donors (Lipinski definition) is 1. The van der Waals surface area contributed by atoms with Crippen molar-refractivity contribution in [2.24, 2.45) is 0 Å². The quantitative estimate of drug-likeness (QED) is 0.582. The molecule has 0 unspecified atom stereocenters. The summed E-state index contributed by atoms with van der Waals surface area (Å²) < 4.78 is 0. The van der Waals surface area contributed by atoms with E-state index in [0.29, 0.717) is 0 Å². The lowest BCUT2D eigenvalue weighted by Gasteiger charge is -2.02. The van der Waals surface area contributed by atoms with Gasteiger partial charge in [-0.2, -0.15) is 5.26 Å². The maximum absolute atomic E-state index is 10.8. The van der Waals surface area contributed by atoms with Crippen LogP contribution in [-0.4, -0.2) is 16.0 Å². The summed E-state index contributed by atoms with van der Waals surface area (Å²) in [5.41, 5.74) is -1.07. The topological polar surface area (TPSA) is 104 Å². The maximum Gasteiger partial charge on any atom is 0.343 e. The third-order valence-corrected chi connectivity index (χ3v) is 1.90. The van der Waals surface area contributed by atoms with E-state index in [1.807, 2.05) is 0 Å². The number of hydrogen-bond acceptors (Lipinski definition) is 4. The van der Waals surface area contributed by atoms with Crippen LogP contribution in [0.4, 0.5) is 5.69 Å². The van der Waals surface area contributed by atoms with Crippen LogP contribution in [0.25, 0.3) is 0 Å². The summed E-state index contributed by atoms with van der Waals surface area (Å²) in [7, 11) is 0. The van der Waals surface area contributed by atoms with Gasteiger partial charge in [0, 0.05) is 0 Å². The van der Waals surface area contributed by atoms with Gasteiger partial charge in [-0.15, -0.1) is 0 Å². The summed E-state index contributed by atoms with van der Waals surface area (Å²) in [6.07, 6.45) is 0. The SMILES string of the molecule is Cc1ccc(C#N)c([N+](=O)[O-])c1C(=O)O. The molecule has 0 saturated heterocycles. The molecule has 0 aliphatic rings. The molecular formula is C9H6N2O4. The van der Waals surface area contributed by atoms with E-state index in [1.54, 1.807) is 6.07 Å². The van der Waals surface area contributed by atoms with Gasteiger partial charge in [0.05, 0.1) is 4.92 Å². The molecule has 0 bridgehead atoms. The minimum absolute atomic E-state index is 0.247. The number of carboxylic acid groups (broad SMARTS) is 1. The first-order valence-electron chi connectivity index (χ1n) is 3.90. The van der Waals surface area contributed by atoms with Gasteiger partial charge in [-0.05, 0) is 18.6 Å². The molecule has 0 aliphatic heterocycles. The maximum atomic E-state index is 10.8. The molecule has 1 N–H and O–H groups in total. The molecule has 0 amide bonds. The highest BCUT2D eigenvalue weighted by Gasteiger charge is 2.26. The number of aromatic carboxylic acids is 1. The number of nitriles is 1. The smallest absolute Gasteiger partial charge is 0.343 e. The molecule has 0 radical (unpaired) electrons. The van der Waals surface area contributed by atoms with Gasteiger partial charge in [0.2, 0.25) is 0 Å². The Morgan fingerprint density at radius 3 is 2.60 bits per heavy atom. The molecular weight excluding hydrogens is 200 g/mol. The first-order chi connectivity index (χ1) is 6.99. The molecule has 0 aromatic heterocycles. The van der Waals surface area contributed by atoms with Crippen molar-refractivity contribution < 1.29 is 14.8 Å². The number of nitrogens with zero attached hydrogens (tertiary/aromatic N) is 2. The van der Waals surface area contributed by atoms with E-state index < -0.39 is 22.1 Å². The molecule has 0 atom stereocenters. The Hall–Kier alpha value is -2.42. The van der Waals surface area contributed by atoms with Crippen molar-refractivity contribution >= 4 is 11.7 Å². The second-order valence-electron chi connectivity index (χ2n) is 2.83. The summed E-state index contributed by atoms with van der Waals surface area (Å²) in [4.78, 5) is 20.6. The average Bonchev–Trinajstić information content (AvgIpc) is 2.16. The van der Waals surface area contributed by atoms with Crippen molar-refractivity contribution in [1.82, 2.24) is 0 Å². The number of nitro groups is 1. The Kier molecular flexibility index (Phi) is 2.67. The zero-order valence-corrected chi connectivity index (χ0v) is 7.72. The van der Waals surface area contributed by atoms with E-state index in [9.17, 15) is 14.9 Å². The van der Waals surface area contributed by atoms with Crippen molar-refractivity contribution in [1.29, 1.82) is 5.26 Å². The average molecular weight is 206 g/mol. The van der Waals surface area contributed by atoms with Gasteiger partial charge in [0.15, 0.2) is 0 Å². The van der Waals surface area contributed by atoms with Gasteiger partial charge >= 0.3 is 11.7 Å². The molecule has 76 valence electrons. The van der Waals surface area contributed by atoms with E-state index in [4.69, 9.17) is 10.4 Å². The van der Waals surface area contributed by atoms with E-state index in [2.05, 4.69) is 0 Å². The summed E-state index contributed by atoms with van der Waals surface area (Å²) in [6.45, 7) is 1.44. The molecule has 0 aliphatic carbocycles. The molecule has 0 spiro atoms. The molecule has 0 heterocycles. The number of carbonyl (C=O) groups is 1. The number of benzene rings is 1. The fourth-order valence-electron chi connectivity index (χ4n) is 1.24. The first kappa shape index (κ1) is 10.7. The van der Waals surface area contributed by atoms with Crippen molar-refractivity contribution in [2.45, 2.75) is 6.92 Å². The molecule has 15 heavy (non-hydrogen) atoms. The normalized spacial score (nSPS) is 9.33. The second-order valence-corrected chi connectivity index (χ2v) is 2.83. The lowest BCUT2D eigenvalue weighted by molar-refractivity contribution is -0.385. The molecule has 1 rings (SSSR count). The Morgan fingerprint density at radius 1 is 1.60 bits per heavy atom. The largest absolute Gasteiger partial charge is 0.477 e. The van der Waals surface area contributed by atoms with Crippen molar-refractivity contribution in [3.05, 3.63) is 38.9 Å².